The average molecular weight is 307 g/mol. The number of hydrogen-bond donors (Lipinski definition) is 0. The Balaban J connectivity index is 1.30. The summed E-state index contributed by atoms with van der Waals surface area (Å²) in [6.45, 7) is 2.18. The van der Waals surface area contributed by atoms with E-state index in [1.54, 1.807) is 0 Å². The zero-order chi connectivity index (χ0) is 15.0. The first-order valence-electron chi connectivity index (χ1n) is 9.94. The Morgan fingerprint density at radius 1 is 0.783 bits per heavy atom. The monoisotopic (exact) mass is 307 g/mol. The van der Waals surface area contributed by atoms with Crippen LogP contribution in [0.3, 0.4) is 0 Å². The molecule has 1 heterocycles. The Morgan fingerprint density at radius 3 is 1.74 bits per heavy atom. The lowest BCUT2D eigenvalue weighted by Gasteiger charge is -2.47. The maximum Gasteiger partial charge on any atom is 0.225 e. The average Bonchev–Trinajstić information content (AvgIpc) is 3.36. The van der Waals surface area contributed by atoms with Crippen LogP contribution in [0.2, 0.25) is 0 Å². The number of likely N-dealkylation sites (tertiary alicyclic amines) is 1. The number of hydrogen-bond acceptors (Lipinski definition) is 1. The summed E-state index contributed by atoms with van der Waals surface area (Å²) in [5.41, 5.74) is 0.900. The highest BCUT2D eigenvalue weighted by molar-refractivity contribution is 5.80. The van der Waals surface area contributed by atoms with Crippen LogP contribution in [0.5, 0.6) is 0 Å². The molecule has 5 saturated carbocycles. The van der Waals surface area contributed by atoms with Crippen molar-refractivity contribution >= 4 is 5.91 Å². The van der Waals surface area contributed by atoms with Crippen molar-refractivity contribution in [2.24, 2.45) is 52.3 Å². The predicted octanol–water partition coefficient (Wildman–Crippen LogP) is 3.26. The van der Waals surface area contributed by atoms with Crippen LogP contribution in [0.15, 0.2) is 24.3 Å². The SMILES string of the molecule is O=C(C1CCCCC1)N1CC23C4C=CC5C4C4C2C=CC4C53C1. The van der Waals surface area contributed by atoms with Gasteiger partial charge in [-0.05, 0) is 48.3 Å². The smallest absolute Gasteiger partial charge is 0.225 e. The van der Waals surface area contributed by atoms with Crippen LogP contribution in [0.4, 0.5) is 0 Å². The molecule has 0 N–H and O–H groups in total. The molecule has 8 rings (SSSR count). The van der Waals surface area contributed by atoms with Gasteiger partial charge >= 0.3 is 0 Å². The van der Waals surface area contributed by atoms with E-state index in [9.17, 15) is 4.79 Å². The fourth-order valence-corrected chi connectivity index (χ4v) is 9.31. The third-order valence-electron chi connectivity index (χ3n) is 9.57. The molecule has 0 aromatic heterocycles. The summed E-state index contributed by atoms with van der Waals surface area (Å²) >= 11 is 0. The van der Waals surface area contributed by atoms with Crippen LogP contribution < -0.4 is 0 Å². The van der Waals surface area contributed by atoms with Gasteiger partial charge in [0.15, 0.2) is 0 Å². The van der Waals surface area contributed by atoms with Gasteiger partial charge in [-0.1, -0.05) is 43.6 Å². The maximum absolute atomic E-state index is 13.2. The minimum atomic E-state index is 0.347. The second kappa shape index (κ2) is 3.48. The Kier molecular flexibility index (Phi) is 1.87. The molecule has 4 unspecified atom stereocenters. The summed E-state index contributed by atoms with van der Waals surface area (Å²) in [4.78, 5) is 15.6. The first kappa shape index (κ1) is 12.3. The predicted molar refractivity (Wildman–Crippen MR) is 87.2 cm³/mol. The number of rotatable bonds is 1. The molecule has 1 saturated heterocycles. The lowest BCUT2D eigenvalue weighted by Crippen LogP contribution is -2.47. The minimum absolute atomic E-state index is 0.347. The van der Waals surface area contributed by atoms with Gasteiger partial charge in [-0.25, -0.2) is 0 Å². The van der Waals surface area contributed by atoms with Crippen molar-refractivity contribution in [3.63, 3.8) is 0 Å². The van der Waals surface area contributed by atoms with E-state index >= 15 is 0 Å². The van der Waals surface area contributed by atoms with Gasteiger partial charge in [0.05, 0.1) is 0 Å². The second-order valence-electron chi connectivity index (χ2n) is 9.64. The summed E-state index contributed by atoms with van der Waals surface area (Å²) in [6.07, 6.45) is 16.4. The molecule has 4 atom stereocenters. The van der Waals surface area contributed by atoms with Gasteiger partial charge in [0.1, 0.15) is 0 Å². The molecule has 8 aliphatic rings. The maximum atomic E-state index is 13.2. The van der Waals surface area contributed by atoms with Gasteiger partial charge in [-0.15, -0.1) is 0 Å². The van der Waals surface area contributed by atoms with Gasteiger partial charge in [0.2, 0.25) is 5.91 Å². The number of amides is 1. The molecule has 0 aromatic carbocycles. The molecule has 0 aromatic rings. The zero-order valence-corrected chi connectivity index (χ0v) is 13.7. The van der Waals surface area contributed by atoms with E-state index in [-0.39, 0.29) is 0 Å². The van der Waals surface area contributed by atoms with Crippen molar-refractivity contribution in [3.05, 3.63) is 24.3 Å². The quantitative estimate of drug-likeness (QED) is 0.681. The highest BCUT2D eigenvalue weighted by Crippen LogP contribution is 2.91. The fourth-order valence-electron chi connectivity index (χ4n) is 9.31. The molecule has 1 aliphatic heterocycles. The molecule has 2 nitrogen and oxygen atoms in total. The van der Waals surface area contributed by atoms with Crippen LogP contribution in [0, 0.1) is 52.3 Å². The van der Waals surface area contributed by atoms with Crippen LogP contribution in [-0.2, 0) is 4.79 Å². The molecule has 120 valence electrons. The fraction of sp³-hybridized carbons (Fsp3) is 0.762. The summed E-state index contributed by atoms with van der Waals surface area (Å²) in [5.74, 6) is 5.94. The minimum Gasteiger partial charge on any atom is -0.341 e. The topological polar surface area (TPSA) is 20.3 Å². The van der Waals surface area contributed by atoms with Crippen molar-refractivity contribution in [1.82, 2.24) is 4.90 Å². The van der Waals surface area contributed by atoms with Crippen molar-refractivity contribution in [2.75, 3.05) is 13.1 Å². The first-order chi connectivity index (χ1) is 11.3. The summed E-state index contributed by atoms with van der Waals surface area (Å²) in [5, 5.41) is 0. The standard InChI is InChI=1S/C21H25NO/c23-19(12-4-2-1-3-5-12)22-10-20-13-6-7-14-17(13)18-15(20)8-9-16(18)21(14,20)11-22/h6-9,12-18H,1-5,10-11H2. The lowest BCUT2D eigenvalue weighted by atomic mass is 9.55. The van der Waals surface area contributed by atoms with Gasteiger partial charge < -0.3 is 4.90 Å². The van der Waals surface area contributed by atoms with Crippen molar-refractivity contribution in [2.45, 2.75) is 32.1 Å². The molecule has 1 amide bonds. The first-order valence-corrected chi connectivity index (χ1v) is 9.94. The molecule has 2 heteroatoms. The van der Waals surface area contributed by atoms with Crippen LogP contribution in [-0.4, -0.2) is 23.9 Å². The van der Waals surface area contributed by atoms with E-state index < -0.39 is 0 Å². The van der Waals surface area contributed by atoms with Crippen molar-refractivity contribution < 1.29 is 4.79 Å². The van der Waals surface area contributed by atoms with E-state index in [0.717, 1.165) is 61.4 Å². The third-order valence-corrected chi connectivity index (χ3v) is 9.57. The highest BCUT2D eigenvalue weighted by Gasteiger charge is 2.90. The third kappa shape index (κ3) is 0.973. The number of nitrogens with zero attached hydrogens (tertiary/aromatic N) is 1. The molecule has 23 heavy (non-hydrogen) atoms. The van der Waals surface area contributed by atoms with E-state index in [1.807, 2.05) is 0 Å². The molecule has 8 bridgehead atoms. The van der Waals surface area contributed by atoms with E-state index in [1.165, 1.54) is 19.3 Å². The number of carbonyl (C=O) groups excluding carboxylic acids is 1. The van der Waals surface area contributed by atoms with E-state index in [0.29, 0.717) is 22.7 Å². The zero-order valence-electron chi connectivity index (χ0n) is 13.7. The van der Waals surface area contributed by atoms with Gasteiger partial charge in [-0.2, -0.15) is 0 Å². The van der Waals surface area contributed by atoms with Gasteiger partial charge in [0.25, 0.3) is 0 Å². The Bertz CT molecular complexity index is 612. The van der Waals surface area contributed by atoms with Crippen molar-refractivity contribution in [3.8, 4) is 0 Å². The Hall–Kier alpha value is -1.05. The molecular weight excluding hydrogens is 282 g/mol. The summed E-state index contributed by atoms with van der Waals surface area (Å²) in [6, 6.07) is 0. The van der Waals surface area contributed by atoms with Crippen molar-refractivity contribution in [1.29, 1.82) is 0 Å². The van der Waals surface area contributed by atoms with E-state index in [2.05, 4.69) is 29.2 Å². The molecule has 2 spiro atoms. The normalized spacial score (nSPS) is 59.7. The molecule has 7 aliphatic carbocycles. The Labute approximate surface area is 138 Å². The largest absolute Gasteiger partial charge is 0.341 e. The van der Waals surface area contributed by atoms with Crippen LogP contribution >= 0.6 is 0 Å². The van der Waals surface area contributed by atoms with Crippen LogP contribution in [0.1, 0.15) is 32.1 Å². The van der Waals surface area contributed by atoms with Gasteiger partial charge in [0, 0.05) is 29.8 Å². The number of carbonyl (C=O) groups is 1. The second-order valence-corrected chi connectivity index (χ2v) is 9.64. The highest BCUT2D eigenvalue weighted by atomic mass is 16.2. The molecule has 6 fully saturated rings. The lowest BCUT2D eigenvalue weighted by molar-refractivity contribution is -0.136. The van der Waals surface area contributed by atoms with Gasteiger partial charge in [-0.3, -0.25) is 4.79 Å². The molecular formula is C21H25NO. The van der Waals surface area contributed by atoms with E-state index in [4.69, 9.17) is 0 Å². The Morgan fingerprint density at radius 2 is 1.26 bits per heavy atom. The van der Waals surface area contributed by atoms with Crippen LogP contribution in [0.25, 0.3) is 0 Å². The number of allylic oxidation sites excluding steroid dienone is 4. The summed E-state index contributed by atoms with van der Waals surface area (Å²) in [7, 11) is 0. The molecule has 0 radical (unpaired) electrons. The summed E-state index contributed by atoms with van der Waals surface area (Å²) < 4.78 is 0.